The number of nitrogens with one attached hydrogen (secondary N) is 1. The van der Waals surface area contributed by atoms with Crippen LogP contribution in [0.4, 0.5) is 4.39 Å². The van der Waals surface area contributed by atoms with E-state index in [1.54, 1.807) is 0 Å². The number of primary sulfonamides is 1. The zero-order valence-corrected chi connectivity index (χ0v) is 12.1. The summed E-state index contributed by atoms with van der Waals surface area (Å²) >= 11 is 0. The Morgan fingerprint density at radius 2 is 2.05 bits per heavy atom. The summed E-state index contributed by atoms with van der Waals surface area (Å²) in [6.07, 6.45) is 3.89. The van der Waals surface area contributed by atoms with Gasteiger partial charge in [0.1, 0.15) is 6.10 Å². The Hall–Kier alpha value is -1.18. The molecule has 0 spiro atoms. The van der Waals surface area contributed by atoms with Gasteiger partial charge in [-0.3, -0.25) is 0 Å². The Bertz CT molecular complexity index is 577. The highest BCUT2D eigenvalue weighted by molar-refractivity contribution is 7.89. The molecule has 5 nitrogen and oxygen atoms in total. The lowest BCUT2D eigenvalue weighted by atomic mass is 9.92. The topological polar surface area (TPSA) is 81.4 Å². The normalized spacial score (nSPS) is 23.6. The summed E-state index contributed by atoms with van der Waals surface area (Å²) < 4.78 is 41.9. The van der Waals surface area contributed by atoms with E-state index in [0.717, 1.165) is 31.7 Å². The second-order valence-electron chi connectivity index (χ2n) is 4.97. The van der Waals surface area contributed by atoms with Crippen LogP contribution in [0, 0.1) is 5.82 Å². The smallest absolute Gasteiger partial charge is 0.238 e. The number of likely N-dealkylation sites (N-methyl/N-ethyl adjacent to an activating group) is 1. The van der Waals surface area contributed by atoms with Crippen LogP contribution >= 0.6 is 0 Å². The highest BCUT2D eigenvalue weighted by atomic mass is 32.2. The fourth-order valence-corrected chi connectivity index (χ4v) is 3.01. The molecule has 2 unspecified atom stereocenters. The second kappa shape index (κ2) is 6.07. The third-order valence-corrected chi connectivity index (χ3v) is 4.49. The number of ether oxygens (including phenoxy) is 1. The number of halogens is 1. The summed E-state index contributed by atoms with van der Waals surface area (Å²) in [4.78, 5) is -0.254. The molecule has 1 aliphatic rings. The van der Waals surface area contributed by atoms with Crippen molar-refractivity contribution in [2.45, 2.75) is 42.7 Å². The summed E-state index contributed by atoms with van der Waals surface area (Å²) in [7, 11) is -2.04. The van der Waals surface area contributed by atoms with Crippen LogP contribution in [0.1, 0.15) is 25.7 Å². The molecule has 7 heteroatoms. The molecule has 0 saturated heterocycles. The molecule has 0 aromatic heterocycles. The van der Waals surface area contributed by atoms with Crippen LogP contribution in [0.5, 0.6) is 5.75 Å². The molecule has 1 aromatic rings. The van der Waals surface area contributed by atoms with E-state index in [4.69, 9.17) is 9.88 Å². The first kappa shape index (κ1) is 15.2. The maximum absolute atomic E-state index is 13.9. The largest absolute Gasteiger partial charge is 0.486 e. The lowest BCUT2D eigenvalue weighted by Crippen LogP contribution is -2.43. The van der Waals surface area contributed by atoms with Gasteiger partial charge in [-0.1, -0.05) is 6.42 Å². The van der Waals surface area contributed by atoms with Crippen LogP contribution in [0.15, 0.2) is 23.1 Å². The fourth-order valence-electron chi connectivity index (χ4n) is 2.49. The molecule has 1 saturated carbocycles. The molecule has 1 fully saturated rings. The Balaban J connectivity index is 2.17. The minimum atomic E-state index is -3.90. The number of hydrogen-bond donors (Lipinski definition) is 2. The van der Waals surface area contributed by atoms with E-state index in [-0.39, 0.29) is 22.8 Å². The maximum atomic E-state index is 13.9. The minimum absolute atomic E-state index is 0.0598. The summed E-state index contributed by atoms with van der Waals surface area (Å²) in [5.74, 6) is -0.651. The first-order valence-corrected chi connectivity index (χ1v) is 8.12. The van der Waals surface area contributed by atoms with Crippen LogP contribution < -0.4 is 15.2 Å². The first-order valence-electron chi connectivity index (χ1n) is 6.58. The molecule has 1 aliphatic carbocycles. The highest BCUT2D eigenvalue weighted by Gasteiger charge is 2.26. The van der Waals surface area contributed by atoms with Crippen molar-refractivity contribution in [3.05, 3.63) is 24.0 Å². The van der Waals surface area contributed by atoms with E-state index in [9.17, 15) is 12.8 Å². The molecule has 0 radical (unpaired) electrons. The first-order chi connectivity index (χ1) is 9.41. The van der Waals surface area contributed by atoms with Gasteiger partial charge in [0.15, 0.2) is 11.6 Å². The monoisotopic (exact) mass is 302 g/mol. The van der Waals surface area contributed by atoms with Gasteiger partial charge >= 0.3 is 0 Å². The number of sulfonamides is 1. The predicted molar refractivity (Wildman–Crippen MR) is 73.5 cm³/mol. The SMILES string of the molecule is CNC1CCCCC1Oc1ccc(S(N)(=O)=O)cc1F. The van der Waals surface area contributed by atoms with Gasteiger partial charge in [-0.15, -0.1) is 0 Å². The summed E-state index contributed by atoms with van der Waals surface area (Å²) in [5.41, 5.74) is 0. The number of hydrogen-bond acceptors (Lipinski definition) is 4. The minimum Gasteiger partial charge on any atom is -0.486 e. The molecule has 112 valence electrons. The van der Waals surface area contributed by atoms with E-state index in [0.29, 0.717) is 0 Å². The van der Waals surface area contributed by atoms with E-state index in [1.807, 2.05) is 7.05 Å². The zero-order valence-electron chi connectivity index (χ0n) is 11.3. The average molecular weight is 302 g/mol. The van der Waals surface area contributed by atoms with Crippen molar-refractivity contribution < 1.29 is 17.5 Å². The van der Waals surface area contributed by atoms with Crippen molar-refractivity contribution in [3.63, 3.8) is 0 Å². The van der Waals surface area contributed by atoms with Crippen LogP contribution in [0.3, 0.4) is 0 Å². The van der Waals surface area contributed by atoms with E-state index in [2.05, 4.69) is 5.32 Å². The van der Waals surface area contributed by atoms with Crippen LogP contribution in [-0.4, -0.2) is 27.6 Å². The molecule has 0 bridgehead atoms. The average Bonchev–Trinajstić information content (AvgIpc) is 2.40. The Labute approximate surface area is 118 Å². The molecule has 2 rings (SSSR count). The Kier molecular flexibility index (Phi) is 4.62. The molecular formula is C13H19FN2O3S. The molecule has 20 heavy (non-hydrogen) atoms. The third-order valence-electron chi connectivity index (χ3n) is 3.58. The number of rotatable bonds is 4. The van der Waals surface area contributed by atoms with Crippen molar-refractivity contribution in [3.8, 4) is 5.75 Å². The van der Waals surface area contributed by atoms with Gasteiger partial charge in [0.05, 0.1) is 4.90 Å². The molecule has 0 heterocycles. The second-order valence-corrected chi connectivity index (χ2v) is 6.53. The lowest BCUT2D eigenvalue weighted by Gasteiger charge is -2.31. The van der Waals surface area contributed by atoms with E-state index >= 15 is 0 Å². The van der Waals surface area contributed by atoms with Crippen molar-refractivity contribution >= 4 is 10.0 Å². The standard InChI is InChI=1S/C13H19FN2O3S/c1-16-11-4-2-3-5-13(11)19-12-7-6-9(8-10(12)14)20(15,17)18/h6-8,11,13,16H,2-5H2,1H3,(H2,15,17,18). The fraction of sp³-hybridized carbons (Fsp3) is 0.538. The van der Waals surface area contributed by atoms with Gasteiger partial charge in [0.2, 0.25) is 10.0 Å². The molecule has 1 aromatic carbocycles. The zero-order chi connectivity index (χ0) is 14.8. The van der Waals surface area contributed by atoms with Crippen molar-refractivity contribution in [2.24, 2.45) is 5.14 Å². The summed E-state index contributed by atoms with van der Waals surface area (Å²) in [6.45, 7) is 0. The van der Waals surface area contributed by atoms with Crippen LogP contribution in [-0.2, 0) is 10.0 Å². The van der Waals surface area contributed by atoms with E-state index in [1.165, 1.54) is 12.1 Å². The highest BCUT2D eigenvalue weighted by Crippen LogP contribution is 2.27. The van der Waals surface area contributed by atoms with Crippen LogP contribution in [0.25, 0.3) is 0 Å². The summed E-state index contributed by atoms with van der Waals surface area (Å²) in [6, 6.07) is 3.64. The lowest BCUT2D eigenvalue weighted by molar-refractivity contribution is 0.113. The molecule has 0 amide bonds. The van der Waals surface area contributed by atoms with Gasteiger partial charge < -0.3 is 10.1 Å². The van der Waals surface area contributed by atoms with Gasteiger partial charge in [0.25, 0.3) is 0 Å². The quantitative estimate of drug-likeness (QED) is 0.880. The Morgan fingerprint density at radius 1 is 1.35 bits per heavy atom. The van der Waals surface area contributed by atoms with Gasteiger partial charge in [0, 0.05) is 6.04 Å². The van der Waals surface area contributed by atoms with Gasteiger partial charge in [-0.05, 0) is 44.5 Å². The molecular weight excluding hydrogens is 283 g/mol. The number of benzene rings is 1. The number of nitrogens with two attached hydrogens (primary N) is 1. The van der Waals surface area contributed by atoms with Crippen molar-refractivity contribution in [1.29, 1.82) is 0 Å². The summed E-state index contributed by atoms with van der Waals surface area (Å²) in [5, 5.41) is 8.12. The maximum Gasteiger partial charge on any atom is 0.238 e. The van der Waals surface area contributed by atoms with Gasteiger partial charge in [-0.2, -0.15) is 0 Å². The van der Waals surface area contributed by atoms with E-state index < -0.39 is 15.8 Å². The molecule has 2 atom stereocenters. The van der Waals surface area contributed by atoms with Crippen molar-refractivity contribution in [1.82, 2.24) is 5.32 Å². The molecule has 0 aliphatic heterocycles. The van der Waals surface area contributed by atoms with Gasteiger partial charge in [-0.25, -0.2) is 17.9 Å². The van der Waals surface area contributed by atoms with Crippen LogP contribution in [0.2, 0.25) is 0 Å². The Morgan fingerprint density at radius 3 is 2.65 bits per heavy atom. The predicted octanol–water partition coefficient (Wildman–Crippen LogP) is 1.38. The van der Waals surface area contributed by atoms with Crippen molar-refractivity contribution in [2.75, 3.05) is 7.05 Å². The molecule has 3 N–H and O–H groups in total. The third kappa shape index (κ3) is 3.47.